The molecule has 0 fully saturated rings. The number of benzene rings is 1. The minimum atomic E-state index is -0.505. The number of aromatic nitrogens is 3. The summed E-state index contributed by atoms with van der Waals surface area (Å²) in [6, 6.07) is 7.74. The van der Waals surface area contributed by atoms with Gasteiger partial charge in [-0.25, -0.2) is 4.98 Å². The lowest BCUT2D eigenvalue weighted by atomic mass is 9.81. The SMILES string of the molecule is CCC(CC)(CN)C(=O)NCc1nc(-c2ccc(Br)cc2)n[nH]1. The molecule has 23 heavy (non-hydrogen) atoms. The lowest BCUT2D eigenvalue weighted by molar-refractivity contribution is -0.131. The summed E-state index contributed by atoms with van der Waals surface area (Å²) in [5, 5.41) is 9.96. The molecule has 1 aromatic carbocycles. The monoisotopic (exact) mass is 379 g/mol. The predicted octanol–water partition coefficient (Wildman–Crippen LogP) is 2.62. The third kappa shape index (κ3) is 3.97. The molecule has 0 radical (unpaired) electrons. The molecule has 0 unspecified atom stereocenters. The zero-order valence-electron chi connectivity index (χ0n) is 13.4. The Morgan fingerprint density at radius 2 is 1.96 bits per heavy atom. The molecule has 7 heteroatoms. The fraction of sp³-hybridized carbons (Fsp3) is 0.438. The highest BCUT2D eigenvalue weighted by molar-refractivity contribution is 9.10. The molecule has 2 aromatic rings. The number of nitrogens with zero attached hydrogens (tertiary/aromatic N) is 2. The Bertz CT molecular complexity index is 640. The molecular weight excluding hydrogens is 358 g/mol. The van der Waals surface area contributed by atoms with Crippen molar-refractivity contribution in [2.45, 2.75) is 33.2 Å². The number of H-pyrrole nitrogens is 1. The summed E-state index contributed by atoms with van der Waals surface area (Å²) < 4.78 is 1.00. The highest BCUT2D eigenvalue weighted by Crippen LogP contribution is 2.25. The third-order valence-electron chi connectivity index (χ3n) is 4.28. The lowest BCUT2D eigenvalue weighted by Gasteiger charge is -2.28. The van der Waals surface area contributed by atoms with Crippen LogP contribution in [0.5, 0.6) is 0 Å². The maximum Gasteiger partial charge on any atom is 0.227 e. The van der Waals surface area contributed by atoms with E-state index in [1.807, 2.05) is 38.1 Å². The molecule has 0 aliphatic heterocycles. The molecule has 0 aliphatic rings. The quantitative estimate of drug-likeness (QED) is 0.688. The van der Waals surface area contributed by atoms with Crippen LogP contribution in [0.15, 0.2) is 28.7 Å². The van der Waals surface area contributed by atoms with E-state index in [4.69, 9.17) is 5.73 Å². The number of carbonyl (C=O) groups excluding carboxylic acids is 1. The number of hydrogen-bond donors (Lipinski definition) is 3. The van der Waals surface area contributed by atoms with Crippen molar-refractivity contribution < 1.29 is 4.79 Å². The van der Waals surface area contributed by atoms with Crippen molar-refractivity contribution in [3.8, 4) is 11.4 Å². The van der Waals surface area contributed by atoms with E-state index in [0.29, 0.717) is 37.6 Å². The smallest absolute Gasteiger partial charge is 0.227 e. The van der Waals surface area contributed by atoms with Gasteiger partial charge in [0.05, 0.1) is 12.0 Å². The van der Waals surface area contributed by atoms with Gasteiger partial charge in [0.2, 0.25) is 5.91 Å². The van der Waals surface area contributed by atoms with Gasteiger partial charge in [-0.15, -0.1) is 0 Å². The fourth-order valence-electron chi connectivity index (χ4n) is 2.41. The summed E-state index contributed by atoms with van der Waals surface area (Å²) in [6.07, 6.45) is 1.43. The van der Waals surface area contributed by atoms with Crippen LogP contribution in [0.25, 0.3) is 11.4 Å². The van der Waals surface area contributed by atoms with Crippen LogP contribution in [0, 0.1) is 5.41 Å². The van der Waals surface area contributed by atoms with Gasteiger partial charge in [-0.1, -0.05) is 41.9 Å². The molecule has 2 rings (SSSR count). The standard InChI is InChI=1S/C16H22BrN5O/c1-3-16(4-2,10-18)15(23)19-9-13-20-14(22-21-13)11-5-7-12(17)8-6-11/h5-8H,3-4,9-10,18H2,1-2H3,(H,19,23)(H,20,21,22). The molecule has 1 heterocycles. The van der Waals surface area contributed by atoms with Gasteiger partial charge in [-0.2, -0.15) is 5.10 Å². The Hall–Kier alpha value is -1.73. The van der Waals surface area contributed by atoms with Crippen LogP contribution in [0.1, 0.15) is 32.5 Å². The number of aromatic amines is 1. The third-order valence-corrected chi connectivity index (χ3v) is 4.81. The van der Waals surface area contributed by atoms with Crippen LogP contribution in [0.4, 0.5) is 0 Å². The van der Waals surface area contributed by atoms with Gasteiger partial charge in [0.15, 0.2) is 5.82 Å². The van der Waals surface area contributed by atoms with Crippen LogP contribution in [-0.4, -0.2) is 27.6 Å². The Balaban J connectivity index is 2.02. The van der Waals surface area contributed by atoms with Crippen LogP contribution >= 0.6 is 15.9 Å². The molecule has 0 saturated carbocycles. The number of halogens is 1. The van der Waals surface area contributed by atoms with E-state index in [1.165, 1.54) is 0 Å². The minimum Gasteiger partial charge on any atom is -0.348 e. The van der Waals surface area contributed by atoms with Crippen LogP contribution in [0.3, 0.4) is 0 Å². The summed E-state index contributed by atoms with van der Waals surface area (Å²) in [4.78, 5) is 16.8. The fourth-order valence-corrected chi connectivity index (χ4v) is 2.67. The summed E-state index contributed by atoms with van der Waals surface area (Å²) in [7, 11) is 0. The summed E-state index contributed by atoms with van der Waals surface area (Å²) in [5.74, 6) is 1.19. The Kier molecular flexibility index (Phi) is 5.90. The number of hydrogen-bond acceptors (Lipinski definition) is 4. The van der Waals surface area contributed by atoms with Crippen molar-refractivity contribution in [3.63, 3.8) is 0 Å². The largest absolute Gasteiger partial charge is 0.348 e. The number of carbonyl (C=O) groups is 1. The zero-order chi connectivity index (χ0) is 16.9. The van der Waals surface area contributed by atoms with Gasteiger partial charge in [-0.05, 0) is 25.0 Å². The van der Waals surface area contributed by atoms with Crippen molar-refractivity contribution >= 4 is 21.8 Å². The summed E-state index contributed by atoms with van der Waals surface area (Å²) >= 11 is 3.40. The van der Waals surface area contributed by atoms with Crippen LogP contribution < -0.4 is 11.1 Å². The second-order valence-electron chi connectivity index (χ2n) is 5.49. The van der Waals surface area contributed by atoms with Gasteiger partial charge in [0.25, 0.3) is 0 Å². The van der Waals surface area contributed by atoms with E-state index in [9.17, 15) is 4.79 Å². The Morgan fingerprint density at radius 3 is 2.52 bits per heavy atom. The molecule has 124 valence electrons. The summed E-state index contributed by atoms with van der Waals surface area (Å²) in [6.45, 7) is 4.61. The van der Waals surface area contributed by atoms with Gasteiger partial charge in [-0.3, -0.25) is 9.89 Å². The Morgan fingerprint density at radius 1 is 1.30 bits per heavy atom. The number of rotatable bonds is 7. The van der Waals surface area contributed by atoms with Crippen molar-refractivity contribution in [2.75, 3.05) is 6.54 Å². The first-order valence-corrected chi connectivity index (χ1v) is 8.49. The highest BCUT2D eigenvalue weighted by atomic mass is 79.9. The predicted molar refractivity (Wildman–Crippen MR) is 93.4 cm³/mol. The van der Waals surface area contributed by atoms with E-state index in [2.05, 4.69) is 36.4 Å². The molecule has 0 aliphatic carbocycles. The second kappa shape index (κ2) is 7.70. The molecule has 4 N–H and O–H groups in total. The first-order valence-electron chi connectivity index (χ1n) is 7.70. The van der Waals surface area contributed by atoms with E-state index in [1.54, 1.807) is 0 Å². The average molecular weight is 380 g/mol. The number of amides is 1. The van der Waals surface area contributed by atoms with E-state index in [-0.39, 0.29) is 5.91 Å². The number of nitrogens with two attached hydrogens (primary N) is 1. The first-order chi connectivity index (χ1) is 11.0. The maximum atomic E-state index is 12.4. The lowest BCUT2D eigenvalue weighted by Crippen LogP contribution is -2.45. The van der Waals surface area contributed by atoms with Crippen molar-refractivity contribution in [1.82, 2.24) is 20.5 Å². The van der Waals surface area contributed by atoms with Crippen LogP contribution in [0.2, 0.25) is 0 Å². The number of nitrogens with one attached hydrogen (secondary N) is 2. The maximum absolute atomic E-state index is 12.4. The molecule has 0 spiro atoms. The van der Waals surface area contributed by atoms with E-state index < -0.39 is 5.41 Å². The normalized spacial score (nSPS) is 11.5. The van der Waals surface area contributed by atoms with Gasteiger partial charge in [0.1, 0.15) is 5.82 Å². The minimum absolute atomic E-state index is 0.0356. The van der Waals surface area contributed by atoms with Crippen molar-refractivity contribution in [3.05, 3.63) is 34.6 Å². The van der Waals surface area contributed by atoms with Gasteiger partial charge in [0, 0.05) is 16.6 Å². The topological polar surface area (TPSA) is 96.7 Å². The zero-order valence-corrected chi connectivity index (χ0v) is 15.0. The average Bonchev–Trinajstić information content (AvgIpc) is 3.04. The van der Waals surface area contributed by atoms with E-state index >= 15 is 0 Å². The molecule has 0 atom stereocenters. The molecule has 6 nitrogen and oxygen atoms in total. The van der Waals surface area contributed by atoms with Gasteiger partial charge >= 0.3 is 0 Å². The van der Waals surface area contributed by atoms with Gasteiger partial charge < -0.3 is 11.1 Å². The second-order valence-corrected chi connectivity index (χ2v) is 6.40. The van der Waals surface area contributed by atoms with Crippen molar-refractivity contribution in [2.24, 2.45) is 11.1 Å². The van der Waals surface area contributed by atoms with E-state index in [0.717, 1.165) is 10.0 Å². The molecule has 0 saturated heterocycles. The first kappa shape index (κ1) is 17.6. The Labute approximate surface area is 144 Å². The van der Waals surface area contributed by atoms with Crippen molar-refractivity contribution in [1.29, 1.82) is 0 Å². The summed E-state index contributed by atoms with van der Waals surface area (Å²) in [5.41, 5.74) is 6.20. The highest BCUT2D eigenvalue weighted by Gasteiger charge is 2.33. The molecular formula is C16H22BrN5O. The molecule has 1 amide bonds. The molecule has 1 aromatic heterocycles. The molecule has 0 bridgehead atoms. The van der Waals surface area contributed by atoms with Crippen LogP contribution in [-0.2, 0) is 11.3 Å².